The van der Waals surface area contributed by atoms with Gasteiger partial charge in [-0.2, -0.15) is 0 Å². The largest absolute Gasteiger partial charge is 0.140 e. The molecule has 0 N–H and O–H groups in total. The first-order valence-corrected chi connectivity index (χ1v) is 14.1. The SMILES string of the molecule is CCCCCCc1ccc(-c2ccc3cc4c(cc3c2)sc2cc3cc(C)c(C)cc3cc24)s1. The van der Waals surface area contributed by atoms with Crippen molar-refractivity contribution in [3.05, 3.63) is 82.7 Å². The maximum Gasteiger partial charge on any atom is 0.0361 e. The Bertz CT molecular complexity index is 1660. The second-order valence-corrected chi connectivity index (χ2v) is 12.0. The number of hydrogen-bond acceptors (Lipinski definition) is 2. The highest BCUT2D eigenvalue weighted by Crippen LogP contribution is 2.40. The normalized spacial score (nSPS) is 12.0. The summed E-state index contributed by atoms with van der Waals surface area (Å²) in [7, 11) is 0. The Morgan fingerprint density at radius 1 is 0.588 bits per heavy atom. The van der Waals surface area contributed by atoms with Crippen molar-refractivity contribution < 1.29 is 0 Å². The zero-order valence-corrected chi connectivity index (χ0v) is 21.8. The second kappa shape index (κ2) is 8.83. The molecule has 0 fully saturated rings. The van der Waals surface area contributed by atoms with Crippen molar-refractivity contribution in [2.75, 3.05) is 0 Å². The van der Waals surface area contributed by atoms with Gasteiger partial charge >= 0.3 is 0 Å². The van der Waals surface area contributed by atoms with Crippen molar-refractivity contribution in [3.63, 3.8) is 0 Å². The molecule has 170 valence electrons. The van der Waals surface area contributed by atoms with E-state index >= 15 is 0 Å². The number of aryl methyl sites for hydroxylation is 3. The van der Waals surface area contributed by atoms with Crippen LogP contribution in [-0.4, -0.2) is 0 Å². The first-order chi connectivity index (χ1) is 16.6. The van der Waals surface area contributed by atoms with E-state index in [9.17, 15) is 0 Å². The van der Waals surface area contributed by atoms with E-state index in [4.69, 9.17) is 0 Å². The topological polar surface area (TPSA) is 0 Å². The van der Waals surface area contributed by atoms with Crippen LogP contribution < -0.4 is 0 Å². The lowest BCUT2D eigenvalue weighted by Gasteiger charge is -2.05. The molecule has 0 atom stereocenters. The molecule has 0 saturated heterocycles. The standard InChI is InChI=1S/C32H30S2/c1-4-5-6-7-8-27-11-12-30(33-27)23-10-9-22-16-28-29-17-24-13-20(2)21(3)14-25(24)18-31(29)34-32(28)19-26(22)15-23/h9-19H,4-8H2,1-3H3. The summed E-state index contributed by atoms with van der Waals surface area (Å²) >= 11 is 3.89. The van der Waals surface area contributed by atoms with Crippen molar-refractivity contribution >= 4 is 64.4 Å². The molecule has 0 radical (unpaired) electrons. The summed E-state index contributed by atoms with van der Waals surface area (Å²) in [6.45, 7) is 6.69. The molecule has 6 rings (SSSR count). The fourth-order valence-electron chi connectivity index (χ4n) is 5.09. The summed E-state index contributed by atoms with van der Waals surface area (Å²) in [5, 5.41) is 8.11. The summed E-state index contributed by atoms with van der Waals surface area (Å²) in [4.78, 5) is 2.91. The van der Waals surface area contributed by atoms with E-state index in [1.165, 1.54) is 100 Å². The molecular formula is C32H30S2. The van der Waals surface area contributed by atoms with Gasteiger partial charge in [-0.05, 0) is 107 Å². The molecule has 0 aliphatic heterocycles. The van der Waals surface area contributed by atoms with E-state index in [0.717, 1.165) is 0 Å². The Morgan fingerprint density at radius 2 is 1.26 bits per heavy atom. The summed E-state index contributed by atoms with van der Waals surface area (Å²) in [6.07, 6.45) is 6.53. The van der Waals surface area contributed by atoms with Gasteiger partial charge in [0.25, 0.3) is 0 Å². The summed E-state index contributed by atoms with van der Waals surface area (Å²) in [6, 6.07) is 25.9. The molecule has 0 unspecified atom stereocenters. The number of unbranched alkanes of at least 4 members (excludes halogenated alkanes) is 3. The molecule has 0 nitrogen and oxygen atoms in total. The number of hydrogen-bond donors (Lipinski definition) is 0. The predicted octanol–water partition coefficient (Wildman–Crippen LogP) is 10.8. The minimum atomic E-state index is 1.22. The fraction of sp³-hybridized carbons (Fsp3) is 0.250. The molecule has 2 aromatic heterocycles. The Hall–Kier alpha value is -2.68. The molecule has 34 heavy (non-hydrogen) atoms. The first-order valence-electron chi connectivity index (χ1n) is 12.5. The molecule has 0 aliphatic rings. The van der Waals surface area contributed by atoms with E-state index in [1.54, 1.807) is 0 Å². The highest BCUT2D eigenvalue weighted by molar-refractivity contribution is 7.26. The fourth-order valence-corrected chi connectivity index (χ4v) is 7.30. The third-order valence-electron chi connectivity index (χ3n) is 7.22. The summed E-state index contributed by atoms with van der Waals surface area (Å²) in [5.41, 5.74) is 4.07. The first kappa shape index (κ1) is 21.8. The van der Waals surface area contributed by atoms with Crippen LogP contribution in [0, 0.1) is 13.8 Å². The van der Waals surface area contributed by atoms with E-state index in [2.05, 4.69) is 87.5 Å². The van der Waals surface area contributed by atoms with Crippen molar-refractivity contribution in [2.45, 2.75) is 52.9 Å². The third-order valence-corrected chi connectivity index (χ3v) is 9.53. The highest BCUT2D eigenvalue weighted by Gasteiger charge is 2.11. The Balaban J connectivity index is 1.39. The lowest BCUT2D eigenvalue weighted by molar-refractivity contribution is 0.670. The van der Waals surface area contributed by atoms with Gasteiger partial charge in [-0.25, -0.2) is 0 Å². The Kier molecular flexibility index (Phi) is 5.67. The van der Waals surface area contributed by atoms with Crippen molar-refractivity contribution in [2.24, 2.45) is 0 Å². The van der Waals surface area contributed by atoms with Crippen molar-refractivity contribution in [3.8, 4) is 10.4 Å². The van der Waals surface area contributed by atoms with Crippen LogP contribution in [0.4, 0.5) is 0 Å². The predicted molar refractivity (Wildman–Crippen MR) is 155 cm³/mol. The minimum absolute atomic E-state index is 1.22. The summed E-state index contributed by atoms with van der Waals surface area (Å²) in [5.74, 6) is 0. The molecule has 6 aromatic rings. The highest BCUT2D eigenvalue weighted by atomic mass is 32.1. The molecule has 0 bridgehead atoms. The van der Waals surface area contributed by atoms with E-state index in [-0.39, 0.29) is 0 Å². The Morgan fingerprint density at radius 3 is 2.00 bits per heavy atom. The summed E-state index contributed by atoms with van der Waals surface area (Å²) < 4.78 is 2.76. The third kappa shape index (κ3) is 3.93. The van der Waals surface area contributed by atoms with Crippen LogP contribution in [0.1, 0.15) is 48.6 Å². The van der Waals surface area contributed by atoms with Gasteiger partial charge < -0.3 is 0 Å². The molecule has 0 saturated carbocycles. The van der Waals surface area contributed by atoms with Gasteiger partial charge in [-0.15, -0.1) is 22.7 Å². The van der Waals surface area contributed by atoms with Gasteiger partial charge in [-0.3, -0.25) is 0 Å². The van der Waals surface area contributed by atoms with Gasteiger partial charge in [0.15, 0.2) is 0 Å². The zero-order valence-electron chi connectivity index (χ0n) is 20.2. The van der Waals surface area contributed by atoms with Crippen LogP contribution in [0.25, 0.3) is 52.2 Å². The molecule has 2 heteroatoms. The number of fused-ring (bicyclic) bond motifs is 5. The van der Waals surface area contributed by atoms with Crippen LogP contribution in [0.15, 0.2) is 66.7 Å². The maximum absolute atomic E-state index is 2.40. The second-order valence-electron chi connectivity index (χ2n) is 9.72. The number of benzene rings is 4. The van der Waals surface area contributed by atoms with Gasteiger partial charge in [0.2, 0.25) is 0 Å². The van der Waals surface area contributed by atoms with Crippen LogP contribution in [0.3, 0.4) is 0 Å². The van der Waals surface area contributed by atoms with E-state index in [0.29, 0.717) is 0 Å². The lowest BCUT2D eigenvalue weighted by atomic mass is 9.99. The smallest absolute Gasteiger partial charge is 0.0361 e. The molecule has 0 amide bonds. The van der Waals surface area contributed by atoms with Crippen molar-refractivity contribution in [1.29, 1.82) is 0 Å². The molecular weight excluding hydrogens is 448 g/mol. The molecule has 2 heterocycles. The van der Waals surface area contributed by atoms with Crippen molar-refractivity contribution in [1.82, 2.24) is 0 Å². The molecule has 0 aliphatic carbocycles. The minimum Gasteiger partial charge on any atom is -0.140 e. The van der Waals surface area contributed by atoms with E-state index < -0.39 is 0 Å². The van der Waals surface area contributed by atoms with Gasteiger partial charge in [0.05, 0.1) is 0 Å². The monoisotopic (exact) mass is 478 g/mol. The van der Waals surface area contributed by atoms with E-state index in [1.807, 2.05) is 22.7 Å². The van der Waals surface area contributed by atoms with Crippen LogP contribution >= 0.6 is 22.7 Å². The average Bonchev–Trinajstić information content (AvgIpc) is 3.44. The number of rotatable bonds is 6. The molecule has 4 aromatic carbocycles. The van der Waals surface area contributed by atoms with Gasteiger partial charge in [0.1, 0.15) is 0 Å². The molecule has 0 spiro atoms. The number of thiophene rings is 2. The lowest BCUT2D eigenvalue weighted by Crippen LogP contribution is -1.82. The average molecular weight is 479 g/mol. The van der Waals surface area contributed by atoms with Crippen LogP contribution in [-0.2, 0) is 6.42 Å². The van der Waals surface area contributed by atoms with Crippen LogP contribution in [0.5, 0.6) is 0 Å². The zero-order chi connectivity index (χ0) is 23.2. The van der Waals surface area contributed by atoms with Crippen LogP contribution in [0.2, 0.25) is 0 Å². The quantitative estimate of drug-likeness (QED) is 0.209. The van der Waals surface area contributed by atoms with Gasteiger partial charge in [-0.1, -0.05) is 50.5 Å². The maximum atomic E-state index is 2.40. The van der Waals surface area contributed by atoms with Gasteiger partial charge in [0, 0.05) is 29.9 Å². The Labute approximate surface area is 209 Å².